The number of ether oxygens (including phenoxy) is 1. The predicted molar refractivity (Wildman–Crippen MR) is 105 cm³/mol. The smallest absolute Gasteiger partial charge is 0.180 e. The number of hydrogen-bond acceptors (Lipinski definition) is 4. The van der Waals surface area contributed by atoms with E-state index in [-0.39, 0.29) is 12.7 Å². The van der Waals surface area contributed by atoms with Gasteiger partial charge in [-0.1, -0.05) is 90.4 Å². The van der Waals surface area contributed by atoms with Gasteiger partial charge in [0.1, 0.15) is 6.10 Å². The first-order valence-corrected chi connectivity index (χ1v) is 10.7. The van der Waals surface area contributed by atoms with E-state index >= 15 is 0 Å². The molecule has 4 heteroatoms. The predicted octanol–water partition coefficient (Wildman–Crippen LogP) is 4.93. The van der Waals surface area contributed by atoms with E-state index in [1.54, 1.807) is 0 Å². The van der Waals surface area contributed by atoms with Gasteiger partial charge in [0.25, 0.3) is 0 Å². The van der Waals surface area contributed by atoms with Crippen LogP contribution in [0.2, 0.25) is 0 Å². The van der Waals surface area contributed by atoms with Gasteiger partial charge >= 0.3 is 0 Å². The van der Waals surface area contributed by atoms with Crippen LogP contribution in [0.25, 0.3) is 0 Å². The third-order valence-electron chi connectivity index (χ3n) is 4.79. The monoisotopic (exact) mass is 360 g/mol. The Morgan fingerprint density at radius 2 is 1.08 bits per heavy atom. The summed E-state index contributed by atoms with van der Waals surface area (Å²) in [7, 11) is 0. The molecule has 4 nitrogen and oxygen atoms in total. The van der Waals surface area contributed by atoms with Crippen LogP contribution < -0.4 is 0 Å². The van der Waals surface area contributed by atoms with E-state index in [1.807, 2.05) is 0 Å². The average Bonchev–Trinajstić information content (AvgIpc) is 2.58. The summed E-state index contributed by atoms with van der Waals surface area (Å²) in [6.07, 6.45) is 16.2. The number of aliphatic hydroxyl groups excluding tert-OH is 3. The molecule has 3 N–H and O–H groups in total. The van der Waals surface area contributed by atoms with Gasteiger partial charge in [-0.25, -0.2) is 0 Å². The Hall–Kier alpha value is -0.160. The van der Waals surface area contributed by atoms with Crippen LogP contribution in [0, 0.1) is 0 Å². The summed E-state index contributed by atoms with van der Waals surface area (Å²) in [5, 5.41) is 28.2. The molecule has 0 aromatic heterocycles. The van der Waals surface area contributed by atoms with Crippen molar-refractivity contribution in [1.29, 1.82) is 0 Å². The molecule has 3 unspecified atom stereocenters. The van der Waals surface area contributed by atoms with Crippen molar-refractivity contribution in [2.24, 2.45) is 0 Å². The van der Waals surface area contributed by atoms with Crippen LogP contribution in [0.15, 0.2) is 0 Å². The summed E-state index contributed by atoms with van der Waals surface area (Å²) in [4.78, 5) is 0. The molecule has 0 aromatic carbocycles. The number of unbranched alkanes of at least 4 members (excludes halogenated alkanes) is 12. The normalized spacial score (nSPS) is 15.2. The Kier molecular flexibility index (Phi) is 18.5. The van der Waals surface area contributed by atoms with Gasteiger partial charge in [-0.3, -0.25) is 0 Å². The zero-order valence-corrected chi connectivity index (χ0v) is 16.8. The third kappa shape index (κ3) is 18.4. The Bertz CT molecular complexity index is 258. The lowest BCUT2D eigenvalue weighted by atomic mass is 10.0. The van der Waals surface area contributed by atoms with Crippen molar-refractivity contribution in [2.75, 3.05) is 6.61 Å². The fraction of sp³-hybridized carbons (Fsp3) is 1.00. The van der Waals surface area contributed by atoms with Crippen molar-refractivity contribution in [3.8, 4) is 0 Å². The molecule has 3 atom stereocenters. The van der Waals surface area contributed by atoms with Gasteiger partial charge in [0, 0.05) is 0 Å². The maximum Gasteiger partial charge on any atom is 0.180 e. The fourth-order valence-electron chi connectivity index (χ4n) is 3.01. The summed E-state index contributed by atoms with van der Waals surface area (Å²) in [6.45, 7) is 4.03. The average molecular weight is 361 g/mol. The molecule has 0 rings (SSSR count). The van der Waals surface area contributed by atoms with Gasteiger partial charge in [0.2, 0.25) is 0 Å². The minimum absolute atomic E-state index is 0.283. The molecule has 0 fully saturated rings. The van der Waals surface area contributed by atoms with Crippen LogP contribution in [0.1, 0.15) is 110 Å². The molecule has 152 valence electrons. The summed E-state index contributed by atoms with van der Waals surface area (Å²) >= 11 is 0. The van der Waals surface area contributed by atoms with Gasteiger partial charge in [0.15, 0.2) is 6.29 Å². The zero-order chi connectivity index (χ0) is 18.8. The zero-order valence-electron chi connectivity index (χ0n) is 16.8. The van der Waals surface area contributed by atoms with Crippen molar-refractivity contribution >= 4 is 0 Å². The Balaban J connectivity index is 3.19. The first-order chi connectivity index (χ1) is 12.1. The van der Waals surface area contributed by atoms with Crippen molar-refractivity contribution in [3.63, 3.8) is 0 Å². The highest BCUT2D eigenvalue weighted by atomic mass is 16.6. The van der Waals surface area contributed by atoms with Crippen molar-refractivity contribution in [2.45, 2.75) is 129 Å². The van der Waals surface area contributed by atoms with Crippen LogP contribution in [0.5, 0.6) is 0 Å². The summed E-state index contributed by atoms with van der Waals surface area (Å²) in [5.41, 5.74) is 0. The third-order valence-corrected chi connectivity index (χ3v) is 4.79. The van der Waals surface area contributed by atoms with Crippen LogP contribution in [-0.2, 0) is 4.74 Å². The van der Waals surface area contributed by atoms with Gasteiger partial charge < -0.3 is 20.1 Å². The van der Waals surface area contributed by atoms with Gasteiger partial charge in [-0.15, -0.1) is 0 Å². The van der Waals surface area contributed by atoms with Gasteiger partial charge in [-0.2, -0.15) is 0 Å². The Labute approximate surface area is 156 Å². The first kappa shape index (κ1) is 24.8. The molecule has 0 heterocycles. The van der Waals surface area contributed by atoms with E-state index in [1.165, 1.54) is 84.0 Å². The van der Waals surface area contributed by atoms with E-state index in [0.717, 1.165) is 12.8 Å². The topological polar surface area (TPSA) is 69.9 Å². The first-order valence-electron chi connectivity index (χ1n) is 10.7. The van der Waals surface area contributed by atoms with Crippen LogP contribution in [-0.4, -0.2) is 40.4 Å². The second kappa shape index (κ2) is 18.6. The maximum absolute atomic E-state index is 9.85. The molecule has 0 radical (unpaired) electrons. The van der Waals surface area contributed by atoms with E-state index in [4.69, 9.17) is 9.84 Å². The second-order valence-corrected chi connectivity index (χ2v) is 7.48. The number of aliphatic hydroxyl groups is 3. The lowest BCUT2D eigenvalue weighted by Gasteiger charge is -2.16. The number of rotatable bonds is 19. The Morgan fingerprint density at radius 1 is 0.640 bits per heavy atom. The molecule has 0 aliphatic carbocycles. The minimum atomic E-state index is -1.15. The van der Waals surface area contributed by atoms with E-state index in [9.17, 15) is 10.2 Å². The Morgan fingerprint density at radius 3 is 1.52 bits per heavy atom. The van der Waals surface area contributed by atoms with Crippen molar-refractivity contribution < 1.29 is 20.1 Å². The molecule has 0 aliphatic rings. The van der Waals surface area contributed by atoms with Gasteiger partial charge in [-0.05, 0) is 19.8 Å². The van der Waals surface area contributed by atoms with E-state index in [0.29, 0.717) is 6.42 Å². The molecule has 0 aromatic rings. The standard InChI is InChI=1S/C21H44O4/c1-3-4-5-6-7-8-9-10-11-12-13-14-15-16-20(23)17-18-25-21(24)19(2)22/h19-24H,3-18H2,1-2H3. The summed E-state index contributed by atoms with van der Waals surface area (Å²) in [5.74, 6) is 0. The van der Waals surface area contributed by atoms with Crippen molar-refractivity contribution in [1.82, 2.24) is 0 Å². The molecule has 0 bridgehead atoms. The SMILES string of the molecule is CCCCCCCCCCCCCCCC(O)CCOC(O)C(C)O. The molecule has 0 saturated heterocycles. The largest absolute Gasteiger partial charge is 0.393 e. The molecular formula is C21H44O4. The van der Waals surface area contributed by atoms with E-state index < -0.39 is 12.4 Å². The summed E-state index contributed by atoms with van der Waals surface area (Å²) < 4.78 is 5.04. The lowest BCUT2D eigenvalue weighted by Crippen LogP contribution is -2.27. The summed E-state index contributed by atoms with van der Waals surface area (Å²) in [6, 6.07) is 0. The molecule has 25 heavy (non-hydrogen) atoms. The van der Waals surface area contributed by atoms with Gasteiger partial charge in [0.05, 0.1) is 12.7 Å². The van der Waals surface area contributed by atoms with E-state index in [2.05, 4.69) is 6.92 Å². The van der Waals surface area contributed by atoms with Crippen LogP contribution >= 0.6 is 0 Å². The van der Waals surface area contributed by atoms with Crippen LogP contribution in [0.3, 0.4) is 0 Å². The molecule has 0 spiro atoms. The fourth-order valence-corrected chi connectivity index (χ4v) is 3.01. The highest BCUT2D eigenvalue weighted by Crippen LogP contribution is 2.14. The lowest BCUT2D eigenvalue weighted by molar-refractivity contribution is -0.159. The molecule has 0 saturated carbocycles. The molecule has 0 aliphatic heterocycles. The number of hydrogen-bond donors (Lipinski definition) is 3. The molecule has 0 amide bonds. The minimum Gasteiger partial charge on any atom is -0.393 e. The highest BCUT2D eigenvalue weighted by Gasteiger charge is 2.11. The quantitative estimate of drug-likeness (QED) is 0.225. The van der Waals surface area contributed by atoms with Crippen LogP contribution in [0.4, 0.5) is 0 Å². The molecular weight excluding hydrogens is 316 g/mol. The maximum atomic E-state index is 9.85. The second-order valence-electron chi connectivity index (χ2n) is 7.48. The van der Waals surface area contributed by atoms with Crippen molar-refractivity contribution in [3.05, 3.63) is 0 Å². The highest BCUT2D eigenvalue weighted by molar-refractivity contribution is 4.57.